The van der Waals surface area contributed by atoms with Crippen LogP contribution < -0.4 is 9.62 Å². The molecule has 214 valence electrons. The lowest BCUT2D eigenvalue weighted by atomic mass is 10.0. The Balaban J connectivity index is 2.08. The molecule has 8 nitrogen and oxygen atoms in total. The van der Waals surface area contributed by atoms with E-state index in [-0.39, 0.29) is 24.8 Å². The lowest BCUT2D eigenvalue weighted by Crippen LogP contribution is -2.54. The van der Waals surface area contributed by atoms with Gasteiger partial charge in [0.25, 0.3) is 0 Å². The van der Waals surface area contributed by atoms with Gasteiger partial charge in [-0.25, -0.2) is 4.31 Å². The first kappa shape index (κ1) is 30.8. The first-order chi connectivity index (χ1) is 19.0. The molecule has 9 heteroatoms. The van der Waals surface area contributed by atoms with Gasteiger partial charge in [-0.2, -0.15) is 12.7 Å². The van der Waals surface area contributed by atoms with Crippen molar-refractivity contribution < 1.29 is 18.0 Å². The van der Waals surface area contributed by atoms with E-state index in [0.717, 1.165) is 25.3 Å². The summed E-state index contributed by atoms with van der Waals surface area (Å²) in [5.74, 6) is -0.528. The second kappa shape index (κ2) is 14.1. The molecule has 3 aromatic rings. The number of carbonyl (C=O) groups is 2. The summed E-state index contributed by atoms with van der Waals surface area (Å²) >= 11 is 0. The van der Waals surface area contributed by atoms with Crippen molar-refractivity contribution in [2.45, 2.75) is 39.8 Å². The van der Waals surface area contributed by atoms with Gasteiger partial charge in [0.15, 0.2) is 0 Å². The molecule has 0 saturated carbocycles. The molecule has 40 heavy (non-hydrogen) atoms. The number of para-hydroxylation sites is 1. The van der Waals surface area contributed by atoms with E-state index >= 15 is 0 Å². The summed E-state index contributed by atoms with van der Waals surface area (Å²) in [7, 11) is -1.15. The maximum atomic E-state index is 14.2. The summed E-state index contributed by atoms with van der Waals surface area (Å²) in [4.78, 5) is 29.4. The second-order valence-corrected chi connectivity index (χ2v) is 12.5. The van der Waals surface area contributed by atoms with E-state index in [2.05, 4.69) is 5.32 Å². The Morgan fingerprint density at radius 3 is 2.00 bits per heavy atom. The number of rotatable bonds is 13. The fourth-order valence-corrected chi connectivity index (χ4v) is 5.31. The lowest BCUT2D eigenvalue weighted by molar-refractivity contribution is -0.140. The zero-order valence-corrected chi connectivity index (χ0v) is 24.8. The lowest BCUT2D eigenvalue weighted by Gasteiger charge is -2.34. The highest BCUT2D eigenvalue weighted by molar-refractivity contribution is 7.90. The minimum atomic E-state index is -4.01. The average molecular weight is 565 g/mol. The van der Waals surface area contributed by atoms with Gasteiger partial charge in [0.1, 0.15) is 12.6 Å². The maximum Gasteiger partial charge on any atom is 0.304 e. The summed E-state index contributed by atoms with van der Waals surface area (Å²) in [6.07, 6.45) is 0.286. The molecule has 0 radical (unpaired) electrons. The van der Waals surface area contributed by atoms with Crippen molar-refractivity contribution in [1.29, 1.82) is 0 Å². The van der Waals surface area contributed by atoms with Crippen LogP contribution in [0.3, 0.4) is 0 Å². The van der Waals surface area contributed by atoms with E-state index in [4.69, 9.17) is 0 Å². The molecule has 0 unspecified atom stereocenters. The van der Waals surface area contributed by atoms with Crippen molar-refractivity contribution in [3.63, 3.8) is 0 Å². The van der Waals surface area contributed by atoms with Crippen molar-refractivity contribution in [3.8, 4) is 0 Å². The van der Waals surface area contributed by atoms with Crippen molar-refractivity contribution in [2.24, 2.45) is 5.92 Å². The van der Waals surface area contributed by atoms with Gasteiger partial charge in [-0.15, -0.1) is 0 Å². The van der Waals surface area contributed by atoms with Crippen LogP contribution in [0.25, 0.3) is 0 Å². The Hall–Kier alpha value is -3.69. The number of aryl methyl sites for hydroxylation is 1. The zero-order valence-electron chi connectivity index (χ0n) is 23.9. The number of nitrogens with zero attached hydrogens (tertiary/aromatic N) is 3. The van der Waals surface area contributed by atoms with E-state index in [9.17, 15) is 18.0 Å². The minimum Gasteiger partial charge on any atom is -0.354 e. The van der Waals surface area contributed by atoms with E-state index in [1.807, 2.05) is 75.4 Å². The van der Waals surface area contributed by atoms with Crippen LogP contribution in [0, 0.1) is 12.8 Å². The van der Waals surface area contributed by atoms with E-state index < -0.39 is 28.7 Å². The van der Waals surface area contributed by atoms with Gasteiger partial charge in [0.05, 0.1) is 5.69 Å². The molecule has 0 aromatic heterocycles. The van der Waals surface area contributed by atoms with E-state index in [0.29, 0.717) is 12.2 Å². The van der Waals surface area contributed by atoms with Crippen molar-refractivity contribution in [2.75, 3.05) is 31.5 Å². The number of carbonyl (C=O) groups excluding carboxylic acids is 2. The average Bonchev–Trinajstić information content (AvgIpc) is 2.93. The molecule has 0 aliphatic carbocycles. The minimum absolute atomic E-state index is 0.156. The molecule has 0 spiro atoms. The highest BCUT2D eigenvalue weighted by Crippen LogP contribution is 2.22. The Labute approximate surface area is 238 Å². The third kappa shape index (κ3) is 8.16. The highest BCUT2D eigenvalue weighted by atomic mass is 32.2. The Morgan fingerprint density at radius 1 is 0.850 bits per heavy atom. The number of amides is 2. The predicted molar refractivity (Wildman–Crippen MR) is 160 cm³/mol. The van der Waals surface area contributed by atoms with Crippen LogP contribution in [0.1, 0.15) is 30.5 Å². The van der Waals surface area contributed by atoms with Crippen LogP contribution >= 0.6 is 0 Å². The number of hydrogen-bond donors (Lipinski definition) is 1. The summed E-state index contributed by atoms with van der Waals surface area (Å²) in [6, 6.07) is 24.9. The SMILES string of the molecule is Cc1ccccc1CN(C(=O)CN(c1ccccc1)S(=O)(=O)N(C)C)[C@@H](Cc1ccccc1)C(=O)NCC(C)C. The number of nitrogens with one attached hydrogen (secondary N) is 1. The van der Waals surface area contributed by atoms with E-state index in [1.165, 1.54) is 19.0 Å². The van der Waals surface area contributed by atoms with Crippen LogP contribution in [-0.2, 0) is 32.8 Å². The van der Waals surface area contributed by atoms with Gasteiger partial charge < -0.3 is 10.2 Å². The molecule has 0 aliphatic rings. The molecule has 3 rings (SSSR count). The fraction of sp³-hybridized carbons (Fsp3) is 0.355. The molecule has 0 aliphatic heterocycles. The Kier molecular flexibility index (Phi) is 10.9. The quantitative estimate of drug-likeness (QED) is 0.340. The Bertz CT molecular complexity index is 1360. The summed E-state index contributed by atoms with van der Waals surface area (Å²) in [5, 5.41) is 3.00. The van der Waals surface area contributed by atoms with Gasteiger partial charge in [-0.1, -0.05) is 86.6 Å². The monoisotopic (exact) mass is 564 g/mol. The van der Waals surface area contributed by atoms with Gasteiger partial charge in [0.2, 0.25) is 11.8 Å². The molecule has 0 bridgehead atoms. The Morgan fingerprint density at radius 2 is 1.43 bits per heavy atom. The molecule has 3 aromatic carbocycles. The summed E-state index contributed by atoms with van der Waals surface area (Å²) in [5.41, 5.74) is 3.12. The standard InChI is InChI=1S/C31H40N4O4S/c1-24(2)21-32-31(37)29(20-26-15-8-6-9-16-26)34(22-27-17-13-12-14-25(27)3)30(36)23-35(40(38,39)33(4)5)28-18-10-7-11-19-28/h6-19,24,29H,20-23H2,1-5H3,(H,32,37)/t29-/m0/s1. The fourth-order valence-electron chi connectivity index (χ4n) is 4.26. The van der Waals surface area contributed by atoms with Gasteiger partial charge in [-0.3, -0.25) is 9.59 Å². The topological polar surface area (TPSA) is 90.0 Å². The maximum absolute atomic E-state index is 14.2. The van der Waals surface area contributed by atoms with Crippen molar-refractivity contribution in [1.82, 2.24) is 14.5 Å². The molecule has 0 saturated heterocycles. The molecule has 0 heterocycles. The summed E-state index contributed by atoms with van der Waals surface area (Å²) < 4.78 is 28.9. The van der Waals surface area contributed by atoms with Crippen LogP contribution in [-0.4, -0.2) is 62.7 Å². The largest absolute Gasteiger partial charge is 0.354 e. The van der Waals surface area contributed by atoms with Crippen LogP contribution in [0.15, 0.2) is 84.9 Å². The molecule has 0 fully saturated rings. The zero-order chi connectivity index (χ0) is 29.3. The van der Waals surface area contributed by atoms with Crippen LogP contribution in [0.4, 0.5) is 5.69 Å². The first-order valence-electron chi connectivity index (χ1n) is 13.4. The summed E-state index contributed by atoms with van der Waals surface area (Å²) in [6.45, 7) is 6.12. The molecule has 1 N–H and O–H groups in total. The second-order valence-electron chi connectivity index (χ2n) is 10.4. The molecular weight excluding hydrogens is 524 g/mol. The molecule has 2 amide bonds. The van der Waals surface area contributed by atoms with E-state index in [1.54, 1.807) is 30.3 Å². The smallest absolute Gasteiger partial charge is 0.304 e. The molecule has 1 atom stereocenters. The first-order valence-corrected chi connectivity index (χ1v) is 14.8. The van der Waals surface area contributed by atoms with Gasteiger partial charge in [-0.05, 0) is 41.7 Å². The van der Waals surface area contributed by atoms with Crippen molar-refractivity contribution in [3.05, 3.63) is 102 Å². The highest BCUT2D eigenvalue weighted by Gasteiger charge is 2.34. The van der Waals surface area contributed by atoms with Crippen molar-refractivity contribution >= 4 is 27.7 Å². The molecular formula is C31H40N4O4S. The van der Waals surface area contributed by atoms with Crippen LogP contribution in [0.2, 0.25) is 0 Å². The van der Waals surface area contributed by atoms with Crippen LogP contribution in [0.5, 0.6) is 0 Å². The van der Waals surface area contributed by atoms with Gasteiger partial charge in [0, 0.05) is 33.6 Å². The third-order valence-electron chi connectivity index (χ3n) is 6.62. The number of anilines is 1. The predicted octanol–water partition coefficient (Wildman–Crippen LogP) is 4.02. The van der Waals surface area contributed by atoms with Gasteiger partial charge >= 0.3 is 10.2 Å². The number of hydrogen-bond acceptors (Lipinski definition) is 4. The normalized spacial score (nSPS) is 12.3. The number of benzene rings is 3. The third-order valence-corrected chi connectivity index (χ3v) is 8.44.